The molecule has 1 fully saturated rings. The van der Waals surface area contributed by atoms with E-state index in [1.807, 2.05) is 26.0 Å². The maximum Gasteiger partial charge on any atom is 0.263 e. The van der Waals surface area contributed by atoms with E-state index >= 15 is 0 Å². The van der Waals surface area contributed by atoms with Crippen molar-refractivity contribution in [1.29, 1.82) is 0 Å². The number of hydrogen-bond acceptors (Lipinski definition) is 10. The van der Waals surface area contributed by atoms with Gasteiger partial charge >= 0.3 is 0 Å². The lowest BCUT2D eigenvalue weighted by Crippen LogP contribution is -2.41. The van der Waals surface area contributed by atoms with Crippen LogP contribution < -0.4 is 19.5 Å². The number of aryl methyl sites for hydroxylation is 2. The summed E-state index contributed by atoms with van der Waals surface area (Å²) in [4.78, 5) is 9.06. The summed E-state index contributed by atoms with van der Waals surface area (Å²) in [5.41, 5.74) is 2.48. The van der Waals surface area contributed by atoms with Crippen molar-refractivity contribution in [2.45, 2.75) is 33.4 Å². The molecule has 0 spiro atoms. The number of hydrogen-bond donors (Lipinski definition) is 1. The minimum absolute atomic E-state index is 0.440. The SMILES string of the molecule is COc1cc(CNC(=S)N2CCCN(Cc3noc(-c4c(C)noc4C)n3)CC2)cc(OC)c1OC. The van der Waals surface area contributed by atoms with Gasteiger partial charge in [0, 0.05) is 32.7 Å². The number of rotatable bonds is 8. The van der Waals surface area contributed by atoms with E-state index in [1.165, 1.54) is 0 Å². The lowest BCUT2D eigenvalue weighted by Gasteiger charge is -2.24. The minimum Gasteiger partial charge on any atom is -0.493 e. The molecule has 3 aromatic rings. The molecule has 11 nitrogen and oxygen atoms in total. The Kier molecular flexibility index (Phi) is 8.26. The molecule has 1 aliphatic rings. The van der Waals surface area contributed by atoms with E-state index in [0.717, 1.165) is 49.4 Å². The lowest BCUT2D eigenvalue weighted by molar-refractivity contribution is 0.266. The normalized spacial score (nSPS) is 14.4. The maximum absolute atomic E-state index is 5.70. The Morgan fingerprint density at radius 3 is 2.39 bits per heavy atom. The molecule has 2 aromatic heterocycles. The molecule has 3 heterocycles. The molecule has 0 atom stereocenters. The van der Waals surface area contributed by atoms with Gasteiger partial charge in [-0.05, 0) is 50.2 Å². The van der Waals surface area contributed by atoms with Crippen molar-refractivity contribution >= 4 is 17.3 Å². The summed E-state index contributed by atoms with van der Waals surface area (Å²) >= 11 is 5.70. The molecule has 0 radical (unpaired) electrons. The fourth-order valence-electron chi connectivity index (χ4n) is 4.27. The molecule has 36 heavy (non-hydrogen) atoms. The van der Waals surface area contributed by atoms with Crippen molar-refractivity contribution in [2.24, 2.45) is 0 Å². The summed E-state index contributed by atoms with van der Waals surface area (Å²) in [6.45, 7) is 8.26. The Balaban J connectivity index is 1.31. The van der Waals surface area contributed by atoms with Crippen molar-refractivity contribution in [3.63, 3.8) is 0 Å². The van der Waals surface area contributed by atoms with E-state index in [9.17, 15) is 0 Å². The van der Waals surface area contributed by atoms with Gasteiger partial charge in [0.2, 0.25) is 5.75 Å². The van der Waals surface area contributed by atoms with Crippen molar-refractivity contribution in [2.75, 3.05) is 47.5 Å². The van der Waals surface area contributed by atoms with E-state index in [4.69, 9.17) is 35.5 Å². The van der Waals surface area contributed by atoms with Crippen LogP contribution in [0.25, 0.3) is 11.5 Å². The largest absolute Gasteiger partial charge is 0.493 e. The van der Waals surface area contributed by atoms with Gasteiger partial charge in [-0.3, -0.25) is 4.90 Å². The van der Waals surface area contributed by atoms with Crippen LogP contribution in [0.2, 0.25) is 0 Å². The molecule has 0 saturated carbocycles. The summed E-state index contributed by atoms with van der Waals surface area (Å²) in [5, 5.41) is 12.2. The second kappa shape index (κ2) is 11.6. The number of benzene rings is 1. The second-order valence-electron chi connectivity index (χ2n) is 8.52. The fraction of sp³-hybridized carbons (Fsp3) is 0.500. The quantitative estimate of drug-likeness (QED) is 0.444. The summed E-state index contributed by atoms with van der Waals surface area (Å²) in [6.07, 6.45) is 0.973. The van der Waals surface area contributed by atoms with Gasteiger partial charge in [-0.25, -0.2) is 0 Å². The first kappa shape index (κ1) is 25.7. The first-order chi connectivity index (χ1) is 17.4. The van der Waals surface area contributed by atoms with E-state index < -0.39 is 0 Å². The zero-order chi connectivity index (χ0) is 25.7. The molecule has 0 amide bonds. The number of ether oxygens (including phenoxy) is 3. The van der Waals surface area contributed by atoms with Crippen LogP contribution >= 0.6 is 12.2 Å². The molecular weight excluding hydrogens is 484 g/mol. The summed E-state index contributed by atoms with van der Waals surface area (Å²) < 4.78 is 27.0. The van der Waals surface area contributed by atoms with Crippen molar-refractivity contribution in [1.82, 2.24) is 30.4 Å². The van der Waals surface area contributed by atoms with Gasteiger partial charge in [0.1, 0.15) is 11.3 Å². The summed E-state index contributed by atoms with van der Waals surface area (Å²) in [7, 11) is 4.80. The second-order valence-corrected chi connectivity index (χ2v) is 8.91. The molecule has 1 saturated heterocycles. The van der Waals surface area contributed by atoms with Gasteiger partial charge < -0.3 is 33.5 Å². The molecule has 194 valence electrons. The lowest BCUT2D eigenvalue weighted by atomic mass is 10.2. The minimum atomic E-state index is 0.440. The number of methoxy groups -OCH3 is 3. The summed E-state index contributed by atoms with van der Waals surface area (Å²) in [6, 6.07) is 3.84. The van der Waals surface area contributed by atoms with Crippen LogP contribution in [-0.4, -0.2) is 77.7 Å². The Labute approximate surface area is 215 Å². The molecule has 0 aliphatic carbocycles. The van der Waals surface area contributed by atoms with Crippen LogP contribution in [0, 0.1) is 13.8 Å². The number of nitrogens with zero attached hydrogens (tertiary/aromatic N) is 5. The van der Waals surface area contributed by atoms with Gasteiger partial charge in [0.05, 0.1) is 33.6 Å². The van der Waals surface area contributed by atoms with Crippen LogP contribution in [0.1, 0.15) is 29.3 Å². The Morgan fingerprint density at radius 1 is 1.00 bits per heavy atom. The highest BCUT2D eigenvalue weighted by Crippen LogP contribution is 2.38. The van der Waals surface area contributed by atoms with Gasteiger partial charge in [-0.2, -0.15) is 4.98 Å². The van der Waals surface area contributed by atoms with E-state index in [1.54, 1.807) is 21.3 Å². The molecule has 1 aliphatic heterocycles. The highest BCUT2D eigenvalue weighted by molar-refractivity contribution is 7.80. The third-order valence-electron chi connectivity index (χ3n) is 6.12. The fourth-order valence-corrected chi connectivity index (χ4v) is 4.52. The number of aromatic nitrogens is 3. The third-order valence-corrected chi connectivity index (χ3v) is 6.53. The zero-order valence-corrected chi connectivity index (χ0v) is 22.1. The van der Waals surface area contributed by atoms with Crippen LogP contribution in [0.4, 0.5) is 0 Å². The molecular formula is C24H32N6O5S. The Bertz CT molecular complexity index is 1150. The Hall–Kier alpha value is -3.38. The first-order valence-electron chi connectivity index (χ1n) is 11.7. The van der Waals surface area contributed by atoms with Crippen LogP contribution in [0.3, 0.4) is 0 Å². The Morgan fingerprint density at radius 2 is 1.75 bits per heavy atom. The predicted molar refractivity (Wildman–Crippen MR) is 136 cm³/mol. The number of nitrogens with one attached hydrogen (secondary N) is 1. The molecule has 12 heteroatoms. The molecule has 1 aromatic carbocycles. The highest BCUT2D eigenvalue weighted by Gasteiger charge is 2.22. The molecule has 0 bridgehead atoms. The van der Waals surface area contributed by atoms with Crippen LogP contribution in [0.15, 0.2) is 21.2 Å². The van der Waals surface area contributed by atoms with Crippen molar-refractivity contribution < 1.29 is 23.3 Å². The smallest absolute Gasteiger partial charge is 0.263 e. The van der Waals surface area contributed by atoms with E-state index in [0.29, 0.717) is 52.9 Å². The highest BCUT2D eigenvalue weighted by atomic mass is 32.1. The molecule has 1 N–H and O–H groups in total. The van der Waals surface area contributed by atoms with Crippen LogP contribution in [0.5, 0.6) is 17.2 Å². The van der Waals surface area contributed by atoms with Crippen molar-refractivity contribution in [3.8, 4) is 28.7 Å². The number of thiocarbonyl (C=S) groups is 1. The monoisotopic (exact) mass is 516 g/mol. The van der Waals surface area contributed by atoms with E-state index in [2.05, 4.69) is 30.4 Å². The van der Waals surface area contributed by atoms with Crippen molar-refractivity contribution in [3.05, 3.63) is 35.0 Å². The standard InChI is InChI=1S/C24H32N6O5S/c1-15-21(16(2)34-27-15)23-26-20(28-35-23)14-29-7-6-8-30(10-9-29)24(36)25-13-17-11-18(31-3)22(33-5)19(12-17)32-4/h11-12H,6-10,13-14H2,1-5H3,(H,25,36). The van der Waals surface area contributed by atoms with Gasteiger partial charge in [0.25, 0.3) is 5.89 Å². The maximum atomic E-state index is 5.70. The first-order valence-corrected chi connectivity index (χ1v) is 12.1. The average Bonchev–Trinajstić information content (AvgIpc) is 3.39. The van der Waals surface area contributed by atoms with Gasteiger partial charge in [0.15, 0.2) is 22.4 Å². The van der Waals surface area contributed by atoms with Gasteiger partial charge in [-0.1, -0.05) is 10.3 Å². The predicted octanol–water partition coefficient (Wildman–Crippen LogP) is 2.95. The van der Waals surface area contributed by atoms with E-state index in [-0.39, 0.29) is 0 Å². The van der Waals surface area contributed by atoms with Crippen LogP contribution in [-0.2, 0) is 13.1 Å². The topological polar surface area (TPSA) is 111 Å². The molecule has 0 unspecified atom stereocenters. The molecule has 4 rings (SSSR count). The van der Waals surface area contributed by atoms with Gasteiger partial charge in [-0.15, -0.1) is 0 Å². The average molecular weight is 517 g/mol. The third kappa shape index (κ3) is 5.71. The zero-order valence-electron chi connectivity index (χ0n) is 21.3. The summed E-state index contributed by atoms with van der Waals surface area (Å²) in [5.74, 6) is 3.55.